The van der Waals surface area contributed by atoms with Crippen molar-refractivity contribution in [3.63, 3.8) is 0 Å². The van der Waals surface area contributed by atoms with Gasteiger partial charge in [0.25, 0.3) is 0 Å². The average molecular weight is 446 g/mol. The third-order valence-electron chi connectivity index (χ3n) is 5.74. The van der Waals surface area contributed by atoms with Crippen molar-refractivity contribution in [2.24, 2.45) is 0 Å². The van der Waals surface area contributed by atoms with Crippen LogP contribution in [0.1, 0.15) is 20.9 Å². The van der Waals surface area contributed by atoms with Crippen LogP contribution in [0, 0.1) is 0 Å². The van der Waals surface area contributed by atoms with Crippen molar-refractivity contribution >= 4 is 33.2 Å². The lowest BCUT2D eigenvalue weighted by molar-refractivity contribution is 0.0741. The monoisotopic (exact) mass is 445 g/mol. The molecule has 0 fully saturated rings. The molecule has 0 bridgehead atoms. The maximum atomic E-state index is 13.0. The Kier molecular flexibility index (Phi) is 5.28. The molecule has 3 heterocycles. The fourth-order valence-electron chi connectivity index (χ4n) is 4.20. The van der Waals surface area contributed by atoms with E-state index in [1.165, 1.54) is 11.3 Å². The highest BCUT2D eigenvalue weighted by molar-refractivity contribution is 7.21. The number of esters is 1. The van der Waals surface area contributed by atoms with Crippen LogP contribution in [-0.2, 0) is 13.0 Å². The molecule has 0 spiro atoms. The van der Waals surface area contributed by atoms with Crippen LogP contribution in [-0.4, -0.2) is 36.6 Å². The Morgan fingerprint density at radius 2 is 1.88 bits per heavy atom. The van der Waals surface area contributed by atoms with Gasteiger partial charge in [0.1, 0.15) is 21.2 Å². The van der Waals surface area contributed by atoms with Gasteiger partial charge in [-0.25, -0.2) is 9.78 Å². The summed E-state index contributed by atoms with van der Waals surface area (Å²) in [6.45, 7) is 1.69. The summed E-state index contributed by atoms with van der Waals surface area (Å²) in [6, 6.07) is 16.9. The first-order valence-electron chi connectivity index (χ1n) is 10.4. The Balaban J connectivity index is 1.73. The van der Waals surface area contributed by atoms with Crippen molar-refractivity contribution in [1.29, 1.82) is 0 Å². The highest BCUT2D eigenvalue weighted by atomic mass is 32.1. The van der Waals surface area contributed by atoms with E-state index < -0.39 is 5.97 Å². The molecule has 0 saturated heterocycles. The quantitative estimate of drug-likeness (QED) is 0.360. The number of anilines is 1. The molecule has 2 N–H and O–H groups in total. The van der Waals surface area contributed by atoms with E-state index in [0.29, 0.717) is 16.3 Å². The van der Waals surface area contributed by atoms with E-state index >= 15 is 0 Å². The number of carbonyl (C=O) groups excluding carboxylic acids is 1. The standard InChI is InChI=1S/C25H23N3O3S/c1-28-13-12-18-17(14-28)20(16-10-6-7-11-19(16)30-2)21-22(26)23(32-24(21)27-18)25(29)31-15-8-4-3-5-9-15/h3-11H,12-14,26H2,1-2H3. The number of rotatable bonds is 4. The lowest BCUT2D eigenvalue weighted by Gasteiger charge is -2.27. The molecule has 1 aliphatic rings. The smallest absolute Gasteiger partial charge is 0.355 e. The number of para-hydroxylation sites is 2. The number of fused-ring (bicyclic) bond motifs is 2. The first kappa shape index (κ1) is 20.5. The number of nitrogen functional groups attached to an aromatic ring is 1. The number of benzene rings is 2. The summed E-state index contributed by atoms with van der Waals surface area (Å²) in [4.78, 5) is 21.3. The Bertz CT molecular complexity index is 1320. The summed E-state index contributed by atoms with van der Waals surface area (Å²) in [5, 5.41) is 0.786. The van der Waals surface area contributed by atoms with Gasteiger partial charge in [0, 0.05) is 41.7 Å². The van der Waals surface area contributed by atoms with Crippen LogP contribution < -0.4 is 15.2 Å². The van der Waals surface area contributed by atoms with Crippen LogP contribution in [0.2, 0.25) is 0 Å². The number of aromatic nitrogens is 1. The number of thiophene rings is 1. The summed E-state index contributed by atoms with van der Waals surface area (Å²) in [7, 11) is 3.76. The summed E-state index contributed by atoms with van der Waals surface area (Å²) in [6.07, 6.45) is 0.839. The molecule has 0 atom stereocenters. The first-order chi connectivity index (χ1) is 15.6. The molecule has 0 amide bonds. The number of carbonyl (C=O) groups is 1. The predicted octanol–water partition coefficient (Wildman–Crippen LogP) is 4.76. The number of hydrogen-bond acceptors (Lipinski definition) is 7. The average Bonchev–Trinajstić information content (AvgIpc) is 3.14. The molecule has 6 nitrogen and oxygen atoms in total. The van der Waals surface area contributed by atoms with Gasteiger partial charge in [-0.2, -0.15) is 0 Å². The fraction of sp³-hybridized carbons (Fsp3) is 0.200. The molecule has 4 aromatic rings. The third-order valence-corrected chi connectivity index (χ3v) is 6.82. The van der Waals surface area contributed by atoms with Gasteiger partial charge in [-0.1, -0.05) is 36.4 Å². The van der Waals surface area contributed by atoms with Gasteiger partial charge in [0.15, 0.2) is 0 Å². The fourth-order valence-corrected chi connectivity index (χ4v) is 5.20. The third kappa shape index (κ3) is 3.49. The zero-order chi connectivity index (χ0) is 22.2. The number of ether oxygens (including phenoxy) is 2. The summed E-state index contributed by atoms with van der Waals surface area (Å²) >= 11 is 1.28. The largest absolute Gasteiger partial charge is 0.496 e. The number of nitrogens with zero attached hydrogens (tertiary/aromatic N) is 2. The molecule has 32 heavy (non-hydrogen) atoms. The zero-order valence-corrected chi connectivity index (χ0v) is 18.7. The second kappa shape index (κ2) is 8.26. The molecule has 0 radical (unpaired) electrons. The SMILES string of the molecule is COc1ccccc1-c1c2c(nc3sc(C(=O)Oc4ccccc4)c(N)c13)CCN(C)C2. The van der Waals surface area contributed by atoms with Gasteiger partial charge in [-0.3, -0.25) is 0 Å². The maximum Gasteiger partial charge on any atom is 0.355 e. The molecular formula is C25H23N3O3S. The number of likely N-dealkylation sites (N-methyl/N-ethyl adjacent to an activating group) is 1. The number of pyridine rings is 1. The predicted molar refractivity (Wildman–Crippen MR) is 127 cm³/mol. The number of methoxy groups -OCH3 is 1. The van der Waals surface area contributed by atoms with E-state index in [-0.39, 0.29) is 0 Å². The van der Waals surface area contributed by atoms with Crippen molar-refractivity contribution in [2.75, 3.05) is 26.4 Å². The van der Waals surface area contributed by atoms with Crippen molar-refractivity contribution in [3.8, 4) is 22.6 Å². The lowest BCUT2D eigenvalue weighted by atomic mass is 9.91. The van der Waals surface area contributed by atoms with Gasteiger partial charge in [-0.15, -0.1) is 11.3 Å². The summed E-state index contributed by atoms with van der Waals surface area (Å²) in [5.41, 5.74) is 11.1. The molecule has 0 unspecified atom stereocenters. The minimum Gasteiger partial charge on any atom is -0.496 e. The van der Waals surface area contributed by atoms with Gasteiger partial charge in [0.2, 0.25) is 0 Å². The molecule has 2 aromatic carbocycles. The Morgan fingerprint density at radius 1 is 1.12 bits per heavy atom. The molecule has 7 heteroatoms. The van der Waals surface area contributed by atoms with Gasteiger partial charge in [0.05, 0.1) is 12.8 Å². The molecular weight excluding hydrogens is 422 g/mol. The van der Waals surface area contributed by atoms with Crippen molar-refractivity contribution in [3.05, 3.63) is 70.7 Å². The second-order valence-corrected chi connectivity index (χ2v) is 8.83. The topological polar surface area (TPSA) is 77.7 Å². The van der Waals surface area contributed by atoms with Gasteiger partial charge >= 0.3 is 5.97 Å². The van der Waals surface area contributed by atoms with Crippen LogP contribution >= 0.6 is 11.3 Å². The zero-order valence-electron chi connectivity index (χ0n) is 17.9. The minimum absolute atomic E-state index is 0.364. The molecule has 2 aromatic heterocycles. The maximum absolute atomic E-state index is 13.0. The van der Waals surface area contributed by atoms with Crippen LogP contribution in [0.3, 0.4) is 0 Å². The van der Waals surface area contributed by atoms with E-state index in [9.17, 15) is 4.79 Å². The van der Waals surface area contributed by atoms with Crippen molar-refractivity contribution in [1.82, 2.24) is 9.88 Å². The number of hydrogen-bond donors (Lipinski definition) is 1. The van der Waals surface area contributed by atoms with E-state index in [2.05, 4.69) is 11.9 Å². The van der Waals surface area contributed by atoms with Gasteiger partial charge < -0.3 is 20.1 Å². The summed E-state index contributed by atoms with van der Waals surface area (Å²) in [5.74, 6) is 0.764. The van der Waals surface area contributed by atoms with Crippen molar-refractivity contribution < 1.29 is 14.3 Å². The van der Waals surface area contributed by atoms with Crippen LogP contribution in [0.4, 0.5) is 5.69 Å². The minimum atomic E-state index is -0.474. The second-order valence-electron chi connectivity index (χ2n) is 7.83. The molecule has 5 rings (SSSR count). The summed E-state index contributed by atoms with van der Waals surface area (Å²) < 4.78 is 11.3. The van der Waals surface area contributed by atoms with E-state index in [1.807, 2.05) is 42.5 Å². The van der Waals surface area contributed by atoms with E-state index in [1.54, 1.807) is 19.2 Å². The lowest BCUT2D eigenvalue weighted by Crippen LogP contribution is -2.28. The van der Waals surface area contributed by atoms with E-state index in [0.717, 1.165) is 57.9 Å². The molecule has 162 valence electrons. The van der Waals surface area contributed by atoms with E-state index in [4.69, 9.17) is 20.2 Å². The van der Waals surface area contributed by atoms with Gasteiger partial charge in [-0.05, 0) is 30.8 Å². The van der Waals surface area contributed by atoms with Crippen molar-refractivity contribution in [2.45, 2.75) is 13.0 Å². The van der Waals surface area contributed by atoms with Crippen LogP contribution in [0.25, 0.3) is 21.3 Å². The van der Waals surface area contributed by atoms with Crippen LogP contribution in [0.15, 0.2) is 54.6 Å². The molecule has 0 saturated carbocycles. The highest BCUT2D eigenvalue weighted by Gasteiger charge is 2.28. The molecule has 0 aliphatic carbocycles. The Morgan fingerprint density at radius 3 is 2.66 bits per heavy atom. The number of nitrogens with two attached hydrogens (primary N) is 1. The first-order valence-corrected chi connectivity index (χ1v) is 11.2. The highest BCUT2D eigenvalue weighted by Crippen LogP contribution is 2.45. The molecule has 1 aliphatic heterocycles. The Labute approximate surface area is 190 Å². The Hall–Kier alpha value is -3.42. The van der Waals surface area contributed by atoms with Crippen LogP contribution in [0.5, 0.6) is 11.5 Å². The normalized spacial score (nSPS) is 13.7.